The quantitative estimate of drug-likeness (QED) is 0.878. The lowest BCUT2D eigenvalue weighted by atomic mass is 9.77. The van der Waals surface area contributed by atoms with Crippen molar-refractivity contribution < 1.29 is 14.6 Å². The van der Waals surface area contributed by atoms with Crippen LogP contribution < -0.4 is 9.47 Å². The molecule has 140 valence electrons. The van der Waals surface area contributed by atoms with Gasteiger partial charge in [0.2, 0.25) is 0 Å². The maximum Gasteiger partial charge on any atom is 0.183 e. The van der Waals surface area contributed by atoms with Gasteiger partial charge in [0.05, 0.1) is 26.4 Å². The molecule has 4 atom stereocenters. The fraction of sp³-hybridized carbons (Fsp3) is 0.579. The minimum atomic E-state index is -0.333. The Kier molecular flexibility index (Phi) is 4.82. The average Bonchev–Trinajstić information content (AvgIpc) is 3.29. The largest absolute Gasteiger partial charge is 0.493 e. The van der Waals surface area contributed by atoms with E-state index in [0.29, 0.717) is 23.3 Å². The number of aliphatic hydroxyl groups is 1. The highest BCUT2D eigenvalue weighted by molar-refractivity contribution is 5.42. The number of ether oxygens (including phenoxy) is 2. The molecule has 2 aliphatic rings. The molecule has 2 aromatic heterocycles. The van der Waals surface area contributed by atoms with E-state index in [1.807, 2.05) is 23.0 Å². The van der Waals surface area contributed by atoms with Gasteiger partial charge in [0.15, 0.2) is 11.5 Å². The highest BCUT2D eigenvalue weighted by Crippen LogP contribution is 2.42. The Balaban J connectivity index is 1.46. The number of methoxy groups -OCH3 is 2. The van der Waals surface area contributed by atoms with Crippen molar-refractivity contribution in [2.75, 3.05) is 27.3 Å². The lowest BCUT2D eigenvalue weighted by Gasteiger charge is -2.35. The van der Waals surface area contributed by atoms with Crippen molar-refractivity contribution in [3.8, 4) is 11.5 Å². The van der Waals surface area contributed by atoms with Gasteiger partial charge in [-0.25, -0.2) is 0 Å². The van der Waals surface area contributed by atoms with Crippen molar-refractivity contribution >= 4 is 0 Å². The van der Waals surface area contributed by atoms with E-state index in [9.17, 15) is 5.11 Å². The second-order valence-electron chi connectivity index (χ2n) is 7.30. The van der Waals surface area contributed by atoms with Crippen LogP contribution in [0.3, 0.4) is 0 Å². The molecule has 0 amide bonds. The summed E-state index contributed by atoms with van der Waals surface area (Å²) in [5.41, 5.74) is 0.898. The van der Waals surface area contributed by atoms with Crippen molar-refractivity contribution in [1.29, 1.82) is 0 Å². The zero-order chi connectivity index (χ0) is 18.1. The molecule has 0 radical (unpaired) electrons. The Bertz CT molecular complexity index is 736. The van der Waals surface area contributed by atoms with Crippen LogP contribution in [0.25, 0.3) is 0 Å². The highest BCUT2D eigenvalue weighted by atomic mass is 16.5. The SMILES string of the molecule is COc1ccnc(CN2C[C@H]3C[C@@H](n4cccn4)[C@H](O)C[C@H]3C2)c1OC. The molecule has 7 nitrogen and oxygen atoms in total. The van der Waals surface area contributed by atoms with E-state index < -0.39 is 0 Å². The monoisotopic (exact) mass is 358 g/mol. The number of aliphatic hydroxyl groups excluding tert-OH is 1. The van der Waals surface area contributed by atoms with Gasteiger partial charge in [-0.3, -0.25) is 14.6 Å². The molecule has 26 heavy (non-hydrogen) atoms. The molecule has 0 unspecified atom stereocenters. The number of fused-ring (bicyclic) bond motifs is 1. The van der Waals surface area contributed by atoms with Crippen LogP contribution in [0.1, 0.15) is 24.6 Å². The van der Waals surface area contributed by atoms with Crippen molar-refractivity contribution in [3.05, 3.63) is 36.4 Å². The third-order valence-corrected chi connectivity index (χ3v) is 5.79. The topological polar surface area (TPSA) is 72.6 Å². The predicted molar refractivity (Wildman–Crippen MR) is 96.1 cm³/mol. The predicted octanol–water partition coefficient (Wildman–Crippen LogP) is 1.74. The van der Waals surface area contributed by atoms with Crippen molar-refractivity contribution in [2.24, 2.45) is 11.8 Å². The lowest BCUT2D eigenvalue weighted by molar-refractivity contribution is 0.0306. The molecule has 2 fully saturated rings. The van der Waals surface area contributed by atoms with E-state index in [1.165, 1.54) is 0 Å². The molecular formula is C19H26N4O3. The summed E-state index contributed by atoms with van der Waals surface area (Å²) in [7, 11) is 3.29. The van der Waals surface area contributed by atoms with E-state index in [2.05, 4.69) is 15.0 Å². The molecule has 1 aliphatic heterocycles. The zero-order valence-electron chi connectivity index (χ0n) is 15.3. The standard InChI is InChI=1S/C19H26N4O3/c1-25-18-4-6-20-15(19(18)26-2)12-22-10-13-8-16(23-7-3-5-21-23)17(24)9-14(13)11-22/h3-7,13-14,16-17,24H,8-12H2,1-2H3/t13-,14+,16-,17-/m1/s1. The van der Waals surface area contributed by atoms with Crippen molar-refractivity contribution in [2.45, 2.75) is 31.5 Å². The van der Waals surface area contributed by atoms with E-state index in [4.69, 9.17) is 9.47 Å². The molecule has 1 saturated heterocycles. The van der Waals surface area contributed by atoms with Crippen LogP contribution in [0, 0.1) is 11.8 Å². The normalized spacial score (nSPS) is 28.7. The van der Waals surface area contributed by atoms with E-state index in [1.54, 1.807) is 26.6 Å². The van der Waals surface area contributed by atoms with Crippen LogP contribution in [-0.2, 0) is 6.54 Å². The van der Waals surface area contributed by atoms with Crippen LogP contribution in [0.4, 0.5) is 0 Å². The molecule has 7 heteroatoms. The van der Waals surface area contributed by atoms with Crippen LogP contribution in [0.5, 0.6) is 11.5 Å². The van der Waals surface area contributed by atoms with Gasteiger partial charge in [-0.15, -0.1) is 0 Å². The average molecular weight is 358 g/mol. The van der Waals surface area contributed by atoms with Gasteiger partial charge in [0.1, 0.15) is 5.69 Å². The highest BCUT2D eigenvalue weighted by Gasteiger charge is 2.42. The number of hydrogen-bond donors (Lipinski definition) is 1. The molecule has 1 aliphatic carbocycles. The van der Waals surface area contributed by atoms with Gasteiger partial charge < -0.3 is 14.6 Å². The molecule has 4 rings (SSSR count). The number of likely N-dealkylation sites (tertiary alicyclic amines) is 1. The molecular weight excluding hydrogens is 332 g/mol. The van der Waals surface area contributed by atoms with E-state index in [-0.39, 0.29) is 12.1 Å². The Morgan fingerprint density at radius 2 is 1.96 bits per heavy atom. The van der Waals surface area contributed by atoms with Gasteiger partial charge >= 0.3 is 0 Å². The summed E-state index contributed by atoms with van der Waals surface area (Å²) in [6.07, 6.45) is 6.95. The van der Waals surface area contributed by atoms with Crippen molar-refractivity contribution in [3.63, 3.8) is 0 Å². The summed E-state index contributed by atoms with van der Waals surface area (Å²) in [4.78, 5) is 6.91. The zero-order valence-corrected chi connectivity index (χ0v) is 15.3. The van der Waals surface area contributed by atoms with Gasteiger partial charge in [0.25, 0.3) is 0 Å². The maximum absolute atomic E-state index is 10.6. The molecule has 0 bridgehead atoms. The fourth-order valence-corrected chi connectivity index (χ4v) is 4.57. The summed E-state index contributed by atoms with van der Waals surface area (Å²) in [5.74, 6) is 2.51. The third-order valence-electron chi connectivity index (χ3n) is 5.79. The first-order valence-corrected chi connectivity index (χ1v) is 9.15. The molecule has 0 spiro atoms. The van der Waals surface area contributed by atoms with Crippen molar-refractivity contribution in [1.82, 2.24) is 19.7 Å². The Morgan fingerprint density at radius 1 is 1.15 bits per heavy atom. The summed E-state index contributed by atoms with van der Waals surface area (Å²) in [6.45, 7) is 2.72. The number of hydrogen-bond acceptors (Lipinski definition) is 6. The van der Waals surface area contributed by atoms with Crippen LogP contribution in [0.15, 0.2) is 30.7 Å². The molecule has 0 aromatic carbocycles. The summed E-state index contributed by atoms with van der Waals surface area (Å²) in [5, 5.41) is 14.9. The summed E-state index contributed by atoms with van der Waals surface area (Å²) >= 11 is 0. The van der Waals surface area contributed by atoms with Gasteiger partial charge in [-0.05, 0) is 30.7 Å². The second kappa shape index (κ2) is 7.25. The molecule has 1 N–H and O–H groups in total. The van der Waals surface area contributed by atoms with E-state index in [0.717, 1.165) is 38.2 Å². The Hall–Kier alpha value is -2.12. The minimum absolute atomic E-state index is 0.0793. The second-order valence-corrected chi connectivity index (χ2v) is 7.30. The third kappa shape index (κ3) is 3.17. The smallest absolute Gasteiger partial charge is 0.183 e. The van der Waals surface area contributed by atoms with E-state index >= 15 is 0 Å². The first-order chi connectivity index (χ1) is 12.7. The number of pyridine rings is 1. The molecule has 2 aromatic rings. The van der Waals surface area contributed by atoms with Crippen LogP contribution in [-0.4, -0.2) is 58.2 Å². The fourth-order valence-electron chi connectivity index (χ4n) is 4.57. The van der Waals surface area contributed by atoms with Gasteiger partial charge in [-0.2, -0.15) is 5.10 Å². The molecule has 3 heterocycles. The van der Waals surface area contributed by atoms with Crippen LogP contribution in [0.2, 0.25) is 0 Å². The Morgan fingerprint density at radius 3 is 2.65 bits per heavy atom. The summed E-state index contributed by atoms with van der Waals surface area (Å²) < 4.78 is 12.8. The number of rotatable bonds is 5. The first-order valence-electron chi connectivity index (χ1n) is 9.15. The van der Waals surface area contributed by atoms with Gasteiger partial charge in [-0.1, -0.05) is 0 Å². The van der Waals surface area contributed by atoms with Gasteiger partial charge in [0, 0.05) is 44.3 Å². The maximum atomic E-state index is 10.6. The number of nitrogens with zero attached hydrogens (tertiary/aromatic N) is 4. The first kappa shape index (κ1) is 17.3. The lowest BCUT2D eigenvalue weighted by Crippen LogP contribution is -2.36. The van der Waals surface area contributed by atoms with Crippen LogP contribution >= 0.6 is 0 Å². The number of aromatic nitrogens is 3. The Labute approximate surface area is 153 Å². The summed E-state index contributed by atoms with van der Waals surface area (Å²) in [6, 6.07) is 3.81. The minimum Gasteiger partial charge on any atom is -0.493 e. The molecule has 1 saturated carbocycles.